The van der Waals surface area contributed by atoms with Gasteiger partial charge < -0.3 is 15.2 Å². The van der Waals surface area contributed by atoms with Crippen molar-refractivity contribution in [3.8, 4) is 0 Å². The molecule has 0 bridgehead atoms. The topological polar surface area (TPSA) is 102 Å². The highest BCUT2D eigenvalue weighted by Gasteiger charge is 2.26. The Kier molecular flexibility index (Phi) is 8.05. The number of thiazole rings is 1. The number of carbonyl (C=O) groups excluding carboxylic acids is 2. The monoisotopic (exact) mass is 478 g/mol. The van der Waals surface area contributed by atoms with Crippen LogP contribution < -0.4 is 10.6 Å². The molecule has 0 fully saturated rings. The average molecular weight is 479 g/mol. The van der Waals surface area contributed by atoms with Gasteiger partial charge in [0.1, 0.15) is 0 Å². The lowest BCUT2D eigenvalue weighted by molar-refractivity contribution is -0.113. The van der Waals surface area contributed by atoms with Crippen LogP contribution in [0.5, 0.6) is 0 Å². The molecule has 31 heavy (non-hydrogen) atoms. The Labute approximate surface area is 193 Å². The third-order valence-electron chi connectivity index (χ3n) is 4.42. The first-order valence-corrected chi connectivity index (χ1v) is 12.0. The molecule has 1 atom stereocenters. The van der Waals surface area contributed by atoms with Crippen LogP contribution in [0.2, 0.25) is 5.02 Å². The molecule has 0 aliphatic heterocycles. The Morgan fingerprint density at radius 3 is 2.68 bits per heavy atom. The van der Waals surface area contributed by atoms with E-state index in [0.717, 1.165) is 0 Å². The Morgan fingerprint density at radius 1 is 1.26 bits per heavy atom. The summed E-state index contributed by atoms with van der Waals surface area (Å²) < 4.78 is 1.92. The van der Waals surface area contributed by atoms with E-state index in [1.807, 2.05) is 25.3 Å². The normalized spacial score (nSPS) is 12.0. The molecule has 0 saturated heterocycles. The molecule has 0 spiro atoms. The number of amides is 2. The number of benzene rings is 1. The number of hydrogen-bond donors (Lipinski definition) is 2. The fourth-order valence-corrected chi connectivity index (χ4v) is 4.47. The Hall–Kier alpha value is -2.43. The van der Waals surface area contributed by atoms with Crippen molar-refractivity contribution in [2.45, 2.75) is 38.5 Å². The van der Waals surface area contributed by atoms with Gasteiger partial charge in [0.15, 0.2) is 16.1 Å². The van der Waals surface area contributed by atoms with Crippen molar-refractivity contribution in [3.63, 3.8) is 0 Å². The molecule has 0 radical (unpaired) electrons. The molecule has 164 valence electrons. The zero-order valence-corrected chi connectivity index (χ0v) is 19.7. The first-order valence-electron chi connectivity index (χ1n) is 9.71. The van der Waals surface area contributed by atoms with Crippen molar-refractivity contribution >= 4 is 51.6 Å². The van der Waals surface area contributed by atoms with Gasteiger partial charge in [-0.05, 0) is 25.0 Å². The van der Waals surface area contributed by atoms with Crippen molar-refractivity contribution in [2.24, 2.45) is 5.92 Å². The largest absolute Gasteiger partial charge is 0.342 e. The van der Waals surface area contributed by atoms with Gasteiger partial charge in [0.2, 0.25) is 5.91 Å². The molecule has 3 aromatic rings. The first-order chi connectivity index (χ1) is 14.9. The number of nitrogens with zero attached hydrogens (tertiary/aromatic N) is 4. The van der Waals surface area contributed by atoms with E-state index in [2.05, 4.69) is 25.8 Å². The Bertz CT molecular complexity index is 1040. The minimum absolute atomic E-state index is 0.0620. The van der Waals surface area contributed by atoms with Crippen LogP contribution in [0, 0.1) is 5.92 Å². The third-order valence-corrected chi connectivity index (χ3v) is 6.41. The summed E-state index contributed by atoms with van der Waals surface area (Å²) in [6.45, 7) is 6.57. The Morgan fingerprint density at radius 2 is 2.03 bits per heavy atom. The third kappa shape index (κ3) is 5.84. The van der Waals surface area contributed by atoms with Crippen LogP contribution in [0.4, 0.5) is 5.13 Å². The number of nitrogens with one attached hydrogen (secondary N) is 2. The number of aromatic nitrogens is 4. The quantitative estimate of drug-likeness (QED) is 0.445. The molecule has 2 N–H and O–H groups in total. The van der Waals surface area contributed by atoms with E-state index in [4.69, 9.17) is 11.6 Å². The summed E-state index contributed by atoms with van der Waals surface area (Å²) in [7, 11) is 0. The van der Waals surface area contributed by atoms with Crippen LogP contribution >= 0.6 is 34.7 Å². The van der Waals surface area contributed by atoms with Crippen LogP contribution in [-0.2, 0) is 11.3 Å². The molecule has 8 nitrogen and oxygen atoms in total. The Balaban J connectivity index is 1.73. The molecular weight excluding hydrogens is 456 g/mol. The van der Waals surface area contributed by atoms with Crippen LogP contribution in [0.15, 0.2) is 41.0 Å². The molecule has 0 aliphatic carbocycles. The summed E-state index contributed by atoms with van der Waals surface area (Å²) in [5.41, 5.74) is 0.408. The van der Waals surface area contributed by atoms with Crippen molar-refractivity contribution < 1.29 is 9.59 Å². The second-order valence-electron chi connectivity index (χ2n) is 6.93. The maximum Gasteiger partial charge on any atom is 0.253 e. The minimum atomic E-state index is -0.366. The van der Waals surface area contributed by atoms with Gasteiger partial charge in [0, 0.05) is 18.1 Å². The minimum Gasteiger partial charge on any atom is -0.342 e. The lowest BCUT2D eigenvalue weighted by Gasteiger charge is -2.22. The number of carbonyl (C=O) groups is 2. The molecular formula is C20H23ClN6O2S2. The van der Waals surface area contributed by atoms with Gasteiger partial charge in [-0.2, -0.15) is 0 Å². The van der Waals surface area contributed by atoms with E-state index in [0.29, 0.717) is 33.2 Å². The molecule has 2 aromatic heterocycles. The average Bonchev–Trinajstić information content (AvgIpc) is 3.39. The fraction of sp³-hybridized carbons (Fsp3) is 0.350. The zero-order valence-electron chi connectivity index (χ0n) is 17.3. The first kappa shape index (κ1) is 23.2. The van der Waals surface area contributed by atoms with Crippen molar-refractivity contribution in [3.05, 3.63) is 52.3 Å². The van der Waals surface area contributed by atoms with Gasteiger partial charge in [-0.1, -0.05) is 49.3 Å². The second-order valence-corrected chi connectivity index (χ2v) is 9.18. The number of hydrogen-bond acceptors (Lipinski definition) is 7. The second kappa shape index (κ2) is 10.7. The summed E-state index contributed by atoms with van der Waals surface area (Å²) >= 11 is 8.82. The number of rotatable bonds is 9. The standard InChI is InChI=1S/C20H23ClN6O2S2/c1-4-27-17(16(12(2)3)24-18(29)13-7-5-6-8-14(13)21)25-26-20(27)31-11-15(28)23-19-22-9-10-30-19/h5-10,12,16H,4,11H2,1-3H3,(H,24,29)(H,22,23,28)/t16-/m1/s1. The van der Waals surface area contributed by atoms with Crippen LogP contribution in [0.3, 0.4) is 0 Å². The van der Waals surface area contributed by atoms with Gasteiger partial charge >= 0.3 is 0 Å². The molecule has 11 heteroatoms. The van der Waals surface area contributed by atoms with Gasteiger partial charge in [-0.25, -0.2) is 4.98 Å². The highest BCUT2D eigenvalue weighted by Crippen LogP contribution is 2.26. The SMILES string of the molecule is CCn1c(SCC(=O)Nc2nccs2)nnc1[C@H](NC(=O)c1ccccc1Cl)C(C)C. The molecule has 1 aromatic carbocycles. The summed E-state index contributed by atoms with van der Waals surface area (Å²) in [5, 5.41) is 17.7. The highest BCUT2D eigenvalue weighted by molar-refractivity contribution is 7.99. The van der Waals surface area contributed by atoms with Gasteiger partial charge in [-0.15, -0.1) is 21.5 Å². The number of halogens is 1. The van der Waals surface area contributed by atoms with Crippen LogP contribution in [0.1, 0.15) is 43.0 Å². The van der Waals surface area contributed by atoms with Crippen LogP contribution in [-0.4, -0.2) is 37.3 Å². The molecule has 0 unspecified atom stereocenters. The highest BCUT2D eigenvalue weighted by atomic mass is 35.5. The maximum absolute atomic E-state index is 12.8. The van der Waals surface area contributed by atoms with Gasteiger partial charge in [-0.3, -0.25) is 9.59 Å². The van der Waals surface area contributed by atoms with Crippen molar-refractivity contribution in [1.82, 2.24) is 25.1 Å². The predicted octanol–water partition coefficient (Wildman–Crippen LogP) is 4.27. The molecule has 2 amide bonds. The van der Waals surface area contributed by atoms with Gasteiger partial charge in [0.05, 0.1) is 22.4 Å². The lowest BCUT2D eigenvalue weighted by Crippen LogP contribution is -2.34. The zero-order chi connectivity index (χ0) is 22.4. The lowest BCUT2D eigenvalue weighted by atomic mass is 10.0. The van der Waals surface area contributed by atoms with Gasteiger partial charge in [0.25, 0.3) is 5.91 Å². The van der Waals surface area contributed by atoms with E-state index >= 15 is 0 Å². The molecule has 3 rings (SSSR count). The van der Waals surface area contributed by atoms with E-state index < -0.39 is 0 Å². The molecule has 2 heterocycles. The van der Waals surface area contributed by atoms with E-state index in [9.17, 15) is 9.59 Å². The van der Waals surface area contributed by atoms with Crippen molar-refractivity contribution in [2.75, 3.05) is 11.1 Å². The van der Waals surface area contributed by atoms with E-state index in [1.165, 1.54) is 23.1 Å². The summed E-state index contributed by atoms with van der Waals surface area (Å²) in [6, 6.07) is 6.55. The van der Waals surface area contributed by atoms with Crippen molar-refractivity contribution in [1.29, 1.82) is 0 Å². The summed E-state index contributed by atoms with van der Waals surface area (Å²) in [4.78, 5) is 29.0. The fourth-order valence-electron chi connectivity index (χ4n) is 2.90. The number of anilines is 1. The number of thioether (sulfide) groups is 1. The summed E-state index contributed by atoms with van der Waals surface area (Å²) in [5.74, 6) is 0.440. The predicted molar refractivity (Wildman–Crippen MR) is 124 cm³/mol. The summed E-state index contributed by atoms with van der Waals surface area (Å²) in [6.07, 6.45) is 1.64. The maximum atomic E-state index is 12.8. The molecule has 0 saturated carbocycles. The van der Waals surface area contributed by atoms with Crippen LogP contribution in [0.25, 0.3) is 0 Å². The molecule has 0 aliphatic rings. The smallest absolute Gasteiger partial charge is 0.253 e. The van der Waals surface area contributed by atoms with E-state index in [-0.39, 0.29) is 29.5 Å². The van der Waals surface area contributed by atoms with E-state index in [1.54, 1.807) is 35.8 Å².